The highest BCUT2D eigenvalue weighted by atomic mass is 79.9. The quantitative estimate of drug-likeness (QED) is 0.0790. The predicted molar refractivity (Wildman–Crippen MR) is 201 cm³/mol. The molecule has 0 fully saturated rings. The Labute approximate surface area is 302 Å². The van der Waals surface area contributed by atoms with E-state index in [2.05, 4.69) is 34.1 Å². The van der Waals surface area contributed by atoms with Crippen LogP contribution in [-0.2, 0) is 0 Å². The van der Waals surface area contributed by atoms with Crippen LogP contribution in [0.3, 0.4) is 0 Å². The lowest BCUT2D eigenvalue weighted by Crippen LogP contribution is -2.12. The third-order valence-corrected chi connectivity index (χ3v) is 9.98. The Morgan fingerprint density at radius 1 is 0.760 bits per heavy atom. The average Bonchev–Trinajstić information content (AvgIpc) is 3.15. The molecule has 0 aliphatic rings. The van der Waals surface area contributed by atoms with Crippen molar-refractivity contribution in [2.24, 2.45) is 0 Å². The summed E-state index contributed by atoms with van der Waals surface area (Å²) < 4.78 is 41.4. The molecule has 4 aromatic carbocycles. The Morgan fingerprint density at radius 2 is 1.48 bits per heavy atom. The van der Waals surface area contributed by atoms with Crippen LogP contribution in [-0.4, -0.2) is 52.9 Å². The van der Waals surface area contributed by atoms with Crippen molar-refractivity contribution < 1.29 is 32.8 Å². The van der Waals surface area contributed by atoms with Gasteiger partial charge in [-0.05, 0) is 48.9 Å². The highest BCUT2D eigenvalue weighted by Gasteiger charge is 2.24. The van der Waals surface area contributed by atoms with Gasteiger partial charge in [-0.2, -0.15) is 0 Å². The van der Waals surface area contributed by atoms with Gasteiger partial charge in [0.2, 0.25) is 16.9 Å². The van der Waals surface area contributed by atoms with Gasteiger partial charge in [0.15, 0.2) is 17.3 Å². The molecule has 0 radical (unpaired) electrons. The van der Waals surface area contributed by atoms with Crippen LogP contribution in [0.4, 0.5) is 0 Å². The summed E-state index contributed by atoms with van der Waals surface area (Å²) in [6.45, 7) is 0.284. The summed E-state index contributed by atoms with van der Waals surface area (Å²) in [4.78, 5) is 20.2. The molecule has 2 heterocycles. The van der Waals surface area contributed by atoms with Gasteiger partial charge in [0.25, 0.3) is 0 Å². The number of unbranched alkanes of at least 4 members (excludes halogenated alkanes) is 1. The summed E-state index contributed by atoms with van der Waals surface area (Å²) in [5.41, 5.74) is 3.33. The van der Waals surface area contributed by atoms with Gasteiger partial charge >= 0.3 is 0 Å². The van der Waals surface area contributed by atoms with Gasteiger partial charge in [-0.1, -0.05) is 52.3 Å². The average molecular weight is 759 g/mol. The summed E-state index contributed by atoms with van der Waals surface area (Å²) >= 11 is 5.45. The summed E-state index contributed by atoms with van der Waals surface area (Å²) in [5.74, 6) is 3.13. The van der Waals surface area contributed by atoms with E-state index in [-0.39, 0.29) is 34.5 Å². The molecule has 6 aromatic rings. The molecule has 0 aliphatic heterocycles. The van der Waals surface area contributed by atoms with E-state index in [1.807, 2.05) is 36.4 Å². The molecule has 0 aliphatic carbocycles. The number of methoxy groups -OCH3 is 5. The fourth-order valence-electron chi connectivity index (χ4n) is 5.69. The lowest BCUT2D eigenvalue weighted by Gasteiger charge is -2.17. The van der Waals surface area contributed by atoms with Crippen LogP contribution in [0.5, 0.6) is 34.5 Å². The van der Waals surface area contributed by atoms with Gasteiger partial charge in [-0.25, -0.2) is 4.98 Å². The lowest BCUT2D eigenvalue weighted by atomic mass is 10.1. The smallest absolute Gasteiger partial charge is 0.239 e. The number of thioether (sulfide) groups is 1. The highest BCUT2D eigenvalue weighted by molar-refractivity contribution is 9.10. The zero-order valence-electron chi connectivity index (χ0n) is 28.3. The number of para-hydroxylation sites is 1. The van der Waals surface area contributed by atoms with Gasteiger partial charge < -0.3 is 32.8 Å². The minimum Gasteiger partial charge on any atom is -0.496 e. The Kier molecular flexibility index (Phi) is 11.0. The molecule has 0 saturated heterocycles. The topological polar surface area (TPSA) is 98.5 Å². The number of hydrogen-bond donors (Lipinski definition) is 0. The molecule has 0 bridgehead atoms. The molecular formula is C39H36BrNO8S. The van der Waals surface area contributed by atoms with E-state index in [0.717, 1.165) is 43.7 Å². The summed E-state index contributed by atoms with van der Waals surface area (Å²) in [6, 6.07) is 25.1. The maximum atomic E-state index is 14.1. The SMILES string of the molecule is COc1cc(OC)c2c(=O)c(OCCCCSc3cc(-c4ccccc4Br)nc4ccccc34)c(-c3cc(OC)c(OC)c(OC)c3)oc2c1. The second-order valence-corrected chi connectivity index (χ2v) is 13.1. The van der Waals surface area contributed by atoms with Crippen molar-refractivity contribution >= 4 is 49.6 Å². The first-order valence-electron chi connectivity index (χ1n) is 15.8. The molecule has 0 amide bonds. The van der Waals surface area contributed by atoms with Crippen molar-refractivity contribution in [3.8, 4) is 57.1 Å². The molecule has 0 N–H and O–H groups in total. The first-order chi connectivity index (χ1) is 24.4. The van der Waals surface area contributed by atoms with Crippen LogP contribution in [0, 0.1) is 0 Å². The largest absolute Gasteiger partial charge is 0.496 e. The van der Waals surface area contributed by atoms with E-state index in [4.69, 9.17) is 37.8 Å². The van der Waals surface area contributed by atoms with Crippen LogP contribution >= 0.6 is 27.7 Å². The normalized spacial score (nSPS) is 11.1. The summed E-state index contributed by atoms with van der Waals surface area (Å²) in [5, 5.41) is 1.36. The summed E-state index contributed by atoms with van der Waals surface area (Å²) in [6.07, 6.45) is 1.53. The third-order valence-electron chi connectivity index (χ3n) is 8.14. The number of rotatable bonds is 14. The van der Waals surface area contributed by atoms with Crippen LogP contribution in [0.25, 0.3) is 44.5 Å². The zero-order chi connectivity index (χ0) is 35.2. The molecule has 0 spiro atoms. The first-order valence-corrected chi connectivity index (χ1v) is 17.6. The predicted octanol–water partition coefficient (Wildman–Crippen LogP) is 9.43. The van der Waals surface area contributed by atoms with Crippen molar-refractivity contribution in [2.75, 3.05) is 47.9 Å². The Bertz CT molecular complexity index is 2200. The van der Waals surface area contributed by atoms with E-state index >= 15 is 0 Å². The molecule has 0 saturated carbocycles. The van der Waals surface area contributed by atoms with Crippen LogP contribution in [0.2, 0.25) is 0 Å². The van der Waals surface area contributed by atoms with Crippen molar-refractivity contribution in [2.45, 2.75) is 17.7 Å². The number of benzene rings is 4. The number of ether oxygens (including phenoxy) is 6. The standard InChI is InChI=1S/C39H36BrNO8S/c1-43-24-20-30(44-2)35-31(21-24)49-37(23-18-32(45-3)38(47-5)33(19-23)46-4)39(36(35)42)48-16-10-11-17-50-34-22-29(25-12-6-8-14-27(25)40)41-28-15-9-7-13-26(28)34/h6-9,12-15,18-22H,10-11,16-17H2,1-5H3. The van der Waals surface area contributed by atoms with Crippen molar-refractivity contribution in [3.05, 3.63) is 93.6 Å². The maximum absolute atomic E-state index is 14.1. The van der Waals surface area contributed by atoms with Gasteiger partial charge in [-0.15, -0.1) is 11.8 Å². The highest BCUT2D eigenvalue weighted by Crippen LogP contribution is 2.44. The Morgan fingerprint density at radius 3 is 2.18 bits per heavy atom. The lowest BCUT2D eigenvalue weighted by molar-refractivity contribution is 0.301. The van der Waals surface area contributed by atoms with Gasteiger partial charge in [0, 0.05) is 38.0 Å². The fraction of sp³-hybridized carbons (Fsp3) is 0.231. The zero-order valence-corrected chi connectivity index (χ0v) is 30.7. The molecule has 0 atom stereocenters. The Balaban J connectivity index is 1.27. The first kappa shape index (κ1) is 35.0. The monoisotopic (exact) mass is 757 g/mol. The van der Waals surface area contributed by atoms with Crippen molar-refractivity contribution in [1.29, 1.82) is 0 Å². The third kappa shape index (κ3) is 7.06. The number of fused-ring (bicyclic) bond motifs is 2. The molecule has 50 heavy (non-hydrogen) atoms. The molecule has 2 aromatic heterocycles. The van der Waals surface area contributed by atoms with E-state index in [9.17, 15) is 4.79 Å². The van der Waals surface area contributed by atoms with Gasteiger partial charge in [-0.3, -0.25) is 4.79 Å². The minimum absolute atomic E-state index is 0.0566. The van der Waals surface area contributed by atoms with Crippen molar-refractivity contribution in [3.63, 3.8) is 0 Å². The number of nitrogens with zero attached hydrogens (tertiary/aromatic N) is 1. The van der Waals surface area contributed by atoms with Crippen LogP contribution < -0.4 is 33.8 Å². The number of halogens is 1. The molecule has 258 valence electrons. The van der Waals surface area contributed by atoms with Gasteiger partial charge in [0.1, 0.15) is 22.5 Å². The second-order valence-electron chi connectivity index (χ2n) is 11.1. The van der Waals surface area contributed by atoms with E-state index in [1.54, 1.807) is 36.0 Å². The minimum atomic E-state index is -0.369. The molecular weight excluding hydrogens is 722 g/mol. The maximum Gasteiger partial charge on any atom is 0.239 e. The number of pyridine rings is 1. The van der Waals surface area contributed by atoms with Gasteiger partial charge in [0.05, 0.1) is 53.4 Å². The van der Waals surface area contributed by atoms with E-state index < -0.39 is 0 Å². The fourth-order valence-corrected chi connectivity index (χ4v) is 7.26. The van der Waals surface area contributed by atoms with E-state index in [1.165, 1.54) is 35.5 Å². The molecule has 6 rings (SSSR count). The Hall–Kier alpha value is -4.87. The molecule has 11 heteroatoms. The van der Waals surface area contributed by atoms with Crippen LogP contribution in [0.1, 0.15) is 12.8 Å². The molecule has 0 unspecified atom stereocenters. The summed E-state index contributed by atoms with van der Waals surface area (Å²) in [7, 11) is 7.61. The van der Waals surface area contributed by atoms with Crippen molar-refractivity contribution in [1.82, 2.24) is 4.98 Å². The van der Waals surface area contributed by atoms with E-state index in [0.29, 0.717) is 40.7 Å². The molecule has 9 nitrogen and oxygen atoms in total. The van der Waals surface area contributed by atoms with Crippen LogP contribution in [0.15, 0.2) is 97.4 Å². The second kappa shape index (κ2) is 15.8. The number of hydrogen-bond acceptors (Lipinski definition) is 10. The number of aromatic nitrogens is 1.